The van der Waals surface area contributed by atoms with E-state index in [4.69, 9.17) is 4.42 Å². The maximum atomic E-state index is 10.4. The minimum absolute atomic E-state index is 0.0616. The maximum absolute atomic E-state index is 10.4. The molecule has 0 radical (unpaired) electrons. The monoisotopic (exact) mass is 1040 g/mol. The molecule has 0 N–H and O–H groups in total. The summed E-state index contributed by atoms with van der Waals surface area (Å²) in [6.07, 6.45) is 8.44. The number of hydrogen-bond donors (Lipinski definition) is 0. The van der Waals surface area contributed by atoms with Crippen LogP contribution in [0.1, 0.15) is 200 Å². The molecular weight excluding hydrogens is 958 g/mol. The highest BCUT2D eigenvalue weighted by Crippen LogP contribution is 2.66. The summed E-state index contributed by atoms with van der Waals surface area (Å²) >= 11 is 0. The number of hydrogen-bond acceptors (Lipinski definition) is 4. The molecule has 8 aromatic rings. The van der Waals surface area contributed by atoms with E-state index in [9.17, 15) is 4.11 Å². The van der Waals surface area contributed by atoms with Crippen LogP contribution in [0.3, 0.4) is 0 Å². The van der Waals surface area contributed by atoms with E-state index < -0.39 is 16.4 Å². The zero-order valence-electron chi connectivity index (χ0n) is 53.3. The number of rotatable bonds is 3. The molecule has 7 aromatic carbocycles. The molecule has 4 aliphatic heterocycles. The summed E-state index contributed by atoms with van der Waals surface area (Å²) in [6, 6.07) is 41.0. The molecular formula is C74H84BN3O. The van der Waals surface area contributed by atoms with Crippen LogP contribution in [0.25, 0.3) is 33.1 Å². The van der Waals surface area contributed by atoms with Gasteiger partial charge in [-0.25, -0.2) is 0 Å². The average Bonchev–Trinajstić information content (AvgIpc) is 1.46. The van der Waals surface area contributed by atoms with Crippen molar-refractivity contribution in [1.29, 1.82) is 0 Å². The van der Waals surface area contributed by atoms with Crippen molar-refractivity contribution in [1.82, 2.24) is 0 Å². The van der Waals surface area contributed by atoms with Gasteiger partial charge in [-0.2, -0.15) is 0 Å². The van der Waals surface area contributed by atoms with Crippen LogP contribution in [0, 0.1) is 0 Å². The van der Waals surface area contributed by atoms with Gasteiger partial charge in [-0.1, -0.05) is 201 Å². The van der Waals surface area contributed by atoms with E-state index in [1.54, 1.807) is 0 Å². The maximum Gasteiger partial charge on any atom is 0.252 e. The summed E-state index contributed by atoms with van der Waals surface area (Å²) in [7, 11) is 0. The number of anilines is 7. The van der Waals surface area contributed by atoms with Gasteiger partial charge in [0.2, 0.25) is 0 Å². The SMILES string of the molecule is [2H]c1c([2H])c(C(C)(C)C)c([2H])c2c1N(c1cc3c4c(c1)N1c5c(cc(C(C)(C)C)cc5C5(C)CCCCC15C)B4c1ccc4c(oc5ccc(C(C)(C)C)cc54)c1N3c1ccc(C(C)(C)C)cc1-c1ccccc1)C1(C)CCCCC21C. The smallest absolute Gasteiger partial charge is 0.252 e. The molecule has 4 unspecified atom stereocenters. The predicted octanol–water partition coefficient (Wildman–Crippen LogP) is 18.5. The molecule has 4 nitrogen and oxygen atoms in total. The highest BCUT2D eigenvalue weighted by atomic mass is 16.3. The van der Waals surface area contributed by atoms with Crippen molar-refractivity contribution in [2.45, 2.75) is 206 Å². The predicted molar refractivity (Wildman–Crippen MR) is 339 cm³/mol. The number of nitrogens with zero attached hydrogens (tertiary/aromatic N) is 3. The molecule has 0 spiro atoms. The second kappa shape index (κ2) is 16.3. The molecule has 1 aromatic heterocycles. The Hall–Kier alpha value is -6.20. The van der Waals surface area contributed by atoms with Crippen molar-refractivity contribution >= 4 is 84.9 Å². The molecule has 4 atom stereocenters. The molecule has 0 amide bonds. The van der Waals surface area contributed by atoms with Gasteiger partial charge in [0.25, 0.3) is 6.71 Å². The van der Waals surface area contributed by atoms with E-state index >= 15 is 0 Å². The highest BCUT2D eigenvalue weighted by Gasteiger charge is 2.63. The number of furan rings is 1. The van der Waals surface area contributed by atoms with Crippen LogP contribution < -0.4 is 31.1 Å². The van der Waals surface area contributed by atoms with Gasteiger partial charge in [-0.15, -0.1) is 0 Å². The first-order valence-electron chi connectivity index (χ1n) is 31.6. The first-order chi connectivity index (χ1) is 38.4. The lowest BCUT2D eigenvalue weighted by Crippen LogP contribution is -2.64. The Kier molecular flexibility index (Phi) is 9.80. The fraction of sp³-hybridized carbons (Fsp3) is 0.432. The zero-order chi connectivity index (χ0) is 58.1. The molecule has 5 heterocycles. The first kappa shape index (κ1) is 47.6. The van der Waals surface area contributed by atoms with Gasteiger partial charge in [0.15, 0.2) is 5.58 Å². The Bertz CT molecular complexity index is 4070. The van der Waals surface area contributed by atoms with Crippen LogP contribution in [0.4, 0.5) is 39.8 Å². The Morgan fingerprint density at radius 2 is 1.10 bits per heavy atom. The van der Waals surface area contributed by atoms with Crippen molar-refractivity contribution in [2.75, 3.05) is 14.7 Å². The van der Waals surface area contributed by atoms with Crippen molar-refractivity contribution in [3.05, 3.63) is 155 Å². The molecule has 6 aliphatic rings. The molecule has 0 saturated heterocycles. The van der Waals surface area contributed by atoms with E-state index in [1.807, 2.05) is 0 Å². The molecule has 79 heavy (non-hydrogen) atoms. The Balaban J connectivity index is 1.19. The van der Waals surface area contributed by atoms with Crippen molar-refractivity contribution in [2.24, 2.45) is 0 Å². The van der Waals surface area contributed by atoms with Crippen LogP contribution in [0.15, 0.2) is 126 Å². The summed E-state index contributed by atoms with van der Waals surface area (Å²) < 4.78 is 38.1. The Morgan fingerprint density at radius 1 is 0.494 bits per heavy atom. The number of fused-ring (bicyclic) bond motifs is 14. The minimum atomic E-state index is -0.506. The molecule has 5 heteroatoms. The largest absolute Gasteiger partial charge is 0.454 e. The minimum Gasteiger partial charge on any atom is -0.454 e. The van der Waals surface area contributed by atoms with Gasteiger partial charge < -0.3 is 19.1 Å². The molecule has 2 saturated carbocycles. The Morgan fingerprint density at radius 3 is 1.77 bits per heavy atom. The van der Waals surface area contributed by atoms with Gasteiger partial charge in [0.1, 0.15) is 5.58 Å². The van der Waals surface area contributed by atoms with E-state index in [-0.39, 0.29) is 46.0 Å². The van der Waals surface area contributed by atoms with E-state index in [2.05, 4.69) is 229 Å². The van der Waals surface area contributed by atoms with Gasteiger partial charge in [-0.05, 0) is 159 Å². The Labute approximate surface area is 477 Å². The highest BCUT2D eigenvalue weighted by molar-refractivity contribution is 7.00. The first-order valence-corrected chi connectivity index (χ1v) is 30.1. The third kappa shape index (κ3) is 6.86. The second-order valence-corrected chi connectivity index (χ2v) is 30.2. The zero-order valence-corrected chi connectivity index (χ0v) is 50.3. The summed E-state index contributed by atoms with van der Waals surface area (Å²) in [6.45, 7) is 37.2. The number of benzene rings is 7. The fourth-order valence-corrected chi connectivity index (χ4v) is 16.2. The van der Waals surface area contributed by atoms with Crippen molar-refractivity contribution in [3.8, 4) is 11.1 Å². The summed E-state index contributed by atoms with van der Waals surface area (Å²) in [4.78, 5) is 8.00. The third-order valence-electron chi connectivity index (χ3n) is 21.4. The lowest BCUT2D eigenvalue weighted by molar-refractivity contribution is 0.194. The standard InChI is InChI=1S/C74H84BN3O/c1-67(2,3)46-26-31-58(52(38-46)45-24-18-17-19-25-45)76-60-43-50(77-59-32-27-48(69(7,8)9)40-54(59)71(13)34-20-22-36-73(71,77)15)44-61-63(60)75(56-30-29-51-53-39-47(68(4,5)6)28-33-62(53)79-66(51)65(56)76)57-42-49(70(10,11)12)41-55-64(57)78(61)74(16)37-23-21-35-72(55,74)14/h17-19,24-33,38-44H,20-23,34-37H2,1-16H3/i27D,32D,40D. The molecule has 0 bridgehead atoms. The van der Waals surface area contributed by atoms with Crippen molar-refractivity contribution in [3.63, 3.8) is 0 Å². The summed E-state index contributed by atoms with van der Waals surface area (Å²) in [5.74, 6) is 0. The third-order valence-corrected chi connectivity index (χ3v) is 21.4. The van der Waals surface area contributed by atoms with Gasteiger partial charge >= 0.3 is 0 Å². The van der Waals surface area contributed by atoms with Crippen LogP contribution >= 0.6 is 0 Å². The molecule has 2 fully saturated rings. The summed E-state index contributed by atoms with van der Waals surface area (Å²) in [5.41, 5.74) is 20.5. The van der Waals surface area contributed by atoms with Crippen molar-refractivity contribution < 1.29 is 8.53 Å². The average molecular weight is 1050 g/mol. The van der Waals surface area contributed by atoms with E-state index in [0.717, 1.165) is 112 Å². The quantitative estimate of drug-likeness (QED) is 0.165. The molecule has 14 rings (SSSR count). The van der Waals surface area contributed by atoms with Gasteiger partial charge in [0, 0.05) is 55.6 Å². The fourth-order valence-electron chi connectivity index (χ4n) is 16.2. The lowest BCUT2D eigenvalue weighted by Gasteiger charge is -2.53. The van der Waals surface area contributed by atoms with E-state index in [1.165, 1.54) is 56.4 Å². The van der Waals surface area contributed by atoms with Gasteiger partial charge in [0.05, 0.1) is 26.6 Å². The van der Waals surface area contributed by atoms with Crippen LogP contribution in [-0.4, -0.2) is 17.8 Å². The van der Waals surface area contributed by atoms with Crippen LogP contribution in [-0.2, 0) is 32.5 Å². The van der Waals surface area contributed by atoms with Crippen LogP contribution in [0.2, 0.25) is 0 Å². The second-order valence-electron chi connectivity index (χ2n) is 30.2. The lowest BCUT2D eigenvalue weighted by atomic mass is 9.33. The normalized spacial score (nSPS) is 24.7. The van der Waals surface area contributed by atoms with Gasteiger partial charge in [-0.3, -0.25) is 0 Å². The molecule has 404 valence electrons. The molecule has 2 aliphatic carbocycles. The summed E-state index contributed by atoms with van der Waals surface area (Å²) in [5, 5.41) is 2.23. The van der Waals surface area contributed by atoms with Crippen LogP contribution in [0.5, 0.6) is 0 Å². The van der Waals surface area contributed by atoms with E-state index in [0.29, 0.717) is 11.6 Å². The topological polar surface area (TPSA) is 22.9 Å².